The molecule has 0 radical (unpaired) electrons. The highest BCUT2D eigenvalue weighted by atomic mass is 16.6. The Balaban J connectivity index is 1.51. The third kappa shape index (κ3) is 3.57. The molecule has 0 aliphatic heterocycles. The number of ether oxygens (including phenoxy) is 1. The van der Waals surface area contributed by atoms with Crippen molar-refractivity contribution < 1.29 is 18.4 Å². The normalized spacial score (nSPS) is 11.9. The van der Waals surface area contributed by atoms with Gasteiger partial charge in [-0.3, -0.25) is 0 Å². The Morgan fingerprint density at radius 3 is 2.57 bits per heavy atom. The van der Waals surface area contributed by atoms with E-state index in [1.165, 1.54) is 6.26 Å². The Bertz CT molecular complexity index is 1100. The summed E-state index contributed by atoms with van der Waals surface area (Å²) in [6.45, 7) is 3.66. The van der Waals surface area contributed by atoms with Crippen LogP contribution in [0.1, 0.15) is 35.0 Å². The molecule has 0 spiro atoms. The Kier molecular flexibility index (Phi) is 4.76. The minimum absolute atomic E-state index is 0.136. The average molecular weight is 374 g/mol. The topological polar surface area (TPSA) is 78.4 Å². The molecule has 28 heavy (non-hydrogen) atoms. The van der Waals surface area contributed by atoms with Crippen molar-refractivity contribution in [2.75, 3.05) is 0 Å². The second kappa shape index (κ2) is 7.52. The predicted molar refractivity (Wildman–Crippen MR) is 102 cm³/mol. The number of carbonyl (C=O) groups is 1. The zero-order valence-electron chi connectivity index (χ0n) is 15.5. The van der Waals surface area contributed by atoms with Crippen LogP contribution in [0.25, 0.3) is 22.6 Å². The molecule has 2 aromatic carbocycles. The van der Waals surface area contributed by atoms with Crippen LogP contribution in [-0.2, 0) is 4.74 Å². The second-order valence-corrected chi connectivity index (χ2v) is 6.39. The van der Waals surface area contributed by atoms with E-state index in [2.05, 4.69) is 10.2 Å². The lowest BCUT2D eigenvalue weighted by atomic mass is 10.1. The van der Waals surface area contributed by atoms with Crippen molar-refractivity contribution in [1.29, 1.82) is 0 Å². The first kappa shape index (κ1) is 17.7. The van der Waals surface area contributed by atoms with Gasteiger partial charge in [-0.25, -0.2) is 4.79 Å². The van der Waals surface area contributed by atoms with Gasteiger partial charge in [0.15, 0.2) is 6.10 Å². The predicted octanol–water partition coefficient (Wildman–Crippen LogP) is 5.22. The molecule has 0 aliphatic carbocycles. The zero-order valence-corrected chi connectivity index (χ0v) is 15.5. The van der Waals surface area contributed by atoms with E-state index in [1.54, 1.807) is 13.0 Å². The molecule has 2 heterocycles. The smallest absolute Gasteiger partial charge is 0.375 e. The Morgan fingerprint density at radius 1 is 1.00 bits per heavy atom. The third-order valence-electron chi connectivity index (χ3n) is 4.27. The van der Waals surface area contributed by atoms with E-state index in [0.29, 0.717) is 11.5 Å². The molecule has 0 saturated heterocycles. The first-order valence-electron chi connectivity index (χ1n) is 8.86. The molecule has 4 rings (SSSR count). The number of hydrogen-bond donors (Lipinski definition) is 0. The van der Waals surface area contributed by atoms with Gasteiger partial charge in [0.05, 0.1) is 6.26 Å². The van der Waals surface area contributed by atoms with E-state index in [1.807, 2.05) is 61.5 Å². The number of carbonyl (C=O) groups excluding carboxylic acids is 1. The largest absolute Gasteiger partial charge is 0.457 e. The van der Waals surface area contributed by atoms with Crippen LogP contribution >= 0.6 is 0 Å². The van der Waals surface area contributed by atoms with Gasteiger partial charge >= 0.3 is 5.97 Å². The zero-order chi connectivity index (χ0) is 19.5. The van der Waals surface area contributed by atoms with E-state index < -0.39 is 12.1 Å². The van der Waals surface area contributed by atoms with Gasteiger partial charge in [0.1, 0.15) is 0 Å². The summed E-state index contributed by atoms with van der Waals surface area (Å²) in [6, 6.07) is 19.0. The number of aromatic nitrogens is 2. The molecule has 1 atom stereocenters. The summed E-state index contributed by atoms with van der Waals surface area (Å²) >= 11 is 0. The monoisotopic (exact) mass is 374 g/mol. The lowest BCUT2D eigenvalue weighted by Gasteiger charge is -2.09. The van der Waals surface area contributed by atoms with Crippen LogP contribution in [0.5, 0.6) is 0 Å². The first-order chi connectivity index (χ1) is 13.6. The summed E-state index contributed by atoms with van der Waals surface area (Å²) in [6.07, 6.45) is 0.749. The Labute approximate surface area is 161 Å². The van der Waals surface area contributed by atoms with Crippen molar-refractivity contribution in [3.05, 3.63) is 84.1 Å². The summed E-state index contributed by atoms with van der Waals surface area (Å²) in [7, 11) is 0. The van der Waals surface area contributed by atoms with Crippen LogP contribution < -0.4 is 0 Å². The van der Waals surface area contributed by atoms with Gasteiger partial charge in [-0.15, -0.1) is 10.2 Å². The lowest BCUT2D eigenvalue weighted by molar-refractivity contribution is 0.0245. The lowest BCUT2D eigenvalue weighted by Crippen LogP contribution is -2.09. The molecule has 4 aromatic rings. The van der Waals surface area contributed by atoms with Gasteiger partial charge in [-0.2, -0.15) is 0 Å². The van der Waals surface area contributed by atoms with Crippen LogP contribution in [0.2, 0.25) is 0 Å². The second-order valence-electron chi connectivity index (χ2n) is 6.39. The molecule has 0 saturated carbocycles. The standard InChI is InChI=1S/C22H18N2O4/c1-14-7-6-10-17(13-14)21-24-23-20(28-21)15(2)27-22(25)19-18(11-12-26-19)16-8-4-3-5-9-16/h3-13,15H,1-2H3. The highest BCUT2D eigenvalue weighted by Gasteiger charge is 2.24. The molecule has 0 fully saturated rings. The van der Waals surface area contributed by atoms with Gasteiger partial charge in [0.2, 0.25) is 11.7 Å². The summed E-state index contributed by atoms with van der Waals surface area (Å²) in [4.78, 5) is 12.6. The van der Waals surface area contributed by atoms with Crippen LogP contribution in [0.4, 0.5) is 0 Å². The van der Waals surface area contributed by atoms with Crippen LogP contribution in [0.15, 0.2) is 75.8 Å². The van der Waals surface area contributed by atoms with E-state index in [9.17, 15) is 4.79 Å². The molecule has 140 valence electrons. The summed E-state index contributed by atoms with van der Waals surface area (Å²) in [5, 5.41) is 8.07. The molecule has 0 N–H and O–H groups in total. The van der Waals surface area contributed by atoms with E-state index >= 15 is 0 Å². The number of hydrogen-bond acceptors (Lipinski definition) is 6. The Morgan fingerprint density at radius 2 is 1.79 bits per heavy atom. The molecular formula is C22H18N2O4. The van der Waals surface area contributed by atoms with Crippen molar-refractivity contribution >= 4 is 5.97 Å². The average Bonchev–Trinajstić information content (AvgIpc) is 3.38. The minimum Gasteiger partial charge on any atom is -0.457 e. The van der Waals surface area contributed by atoms with Crippen LogP contribution in [-0.4, -0.2) is 16.2 Å². The SMILES string of the molecule is Cc1cccc(-c2nnc(C(C)OC(=O)c3occc3-c3ccccc3)o2)c1. The quantitative estimate of drug-likeness (QED) is 0.446. The van der Waals surface area contributed by atoms with Crippen molar-refractivity contribution in [2.24, 2.45) is 0 Å². The number of aryl methyl sites for hydroxylation is 1. The van der Waals surface area contributed by atoms with Crippen LogP contribution in [0.3, 0.4) is 0 Å². The van der Waals surface area contributed by atoms with Crippen molar-refractivity contribution in [3.8, 4) is 22.6 Å². The highest BCUT2D eigenvalue weighted by molar-refractivity contribution is 5.94. The maximum atomic E-state index is 12.6. The van der Waals surface area contributed by atoms with Crippen LogP contribution in [0, 0.1) is 6.92 Å². The third-order valence-corrected chi connectivity index (χ3v) is 4.27. The highest BCUT2D eigenvalue weighted by Crippen LogP contribution is 2.28. The number of furan rings is 1. The molecule has 6 nitrogen and oxygen atoms in total. The molecule has 0 aliphatic rings. The summed E-state index contributed by atoms with van der Waals surface area (Å²) in [5.74, 6) is 0.144. The molecular weight excluding hydrogens is 356 g/mol. The minimum atomic E-state index is -0.715. The maximum Gasteiger partial charge on any atom is 0.375 e. The molecule has 0 bridgehead atoms. The number of benzene rings is 2. The number of esters is 1. The van der Waals surface area contributed by atoms with E-state index in [4.69, 9.17) is 13.6 Å². The summed E-state index contributed by atoms with van der Waals surface area (Å²) in [5.41, 5.74) is 3.44. The van der Waals surface area contributed by atoms with E-state index in [-0.39, 0.29) is 11.7 Å². The van der Waals surface area contributed by atoms with E-state index in [0.717, 1.165) is 16.7 Å². The number of nitrogens with zero attached hydrogens (tertiary/aromatic N) is 2. The molecule has 2 aromatic heterocycles. The van der Waals surface area contributed by atoms with Crippen molar-refractivity contribution in [3.63, 3.8) is 0 Å². The van der Waals surface area contributed by atoms with Gasteiger partial charge in [0.25, 0.3) is 5.89 Å². The Hall–Kier alpha value is -3.67. The van der Waals surface area contributed by atoms with Gasteiger partial charge in [-0.1, -0.05) is 48.0 Å². The molecule has 1 unspecified atom stereocenters. The van der Waals surface area contributed by atoms with Crippen molar-refractivity contribution in [2.45, 2.75) is 20.0 Å². The molecule has 0 amide bonds. The van der Waals surface area contributed by atoms with Crippen molar-refractivity contribution in [1.82, 2.24) is 10.2 Å². The number of rotatable bonds is 5. The fourth-order valence-corrected chi connectivity index (χ4v) is 2.87. The summed E-state index contributed by atoms with van der Waals surface area (Å²) < 4.78 is 16.5. The van der Waals surface area contributed by atoms with Gasteiger partial charge in [-0.05, 0) is 37.6 Å². The maximum absolute atomic E-state index is 12.6. The fraction of sp³-hybridized carbons (Fsp3) is 0.136. The first-order valence-corrected chi connectivity index (χ1v) is 8.86. The van der Waals surface area contributed by atoms with Gasteiger partial charge in [0, 0.05) is 11.1 Å². The molecule has 6 heteroatoms. The fourth-order valence-electron chi connectivity index (χ4n) is 2.87. The van der Waals surface area contributed by atoms with Gasteiger partial charge < -0.3 is 13.6 Å².